The fourth-order valence-electron chi connectivity index (χ4n) is 5.08. The maximum Gasteiger partial charge on any atom is 0.254 e. The Morgan fingerprint density at radius 3 is 2.71 bits per heavy atom. The first kappa shape index (κ1) is 20.3. The van der Waals surface area contributed by atoms with E-state index in [1.807, 2.05) is 23.1 Å². The van der Waals surface area contributed by atoms with E-state index in [0.717, 1.165) is 6.42 Å². The first-order chi connectivity index (χ1) is 15.0. The summed E-state index contributed by atoms with van der Waals surface area (Å²) in [6.07, 6.45) is 0.519. The fourth-order valence-corrected chi connectivity index (χ4v) is 5.25. The number of ether oxygens (including phenoxy) is 1. The first-order valence-electron chi connectivity index (χ1n) is 10.5. The van der Waals surface area contributed by atoms with Crippen LogP contribution < -0.4 is 10.1 Å². The maximum absolute atomic E-state index is 13.8. The number of halogens is 1. The molecule has 0 aliphatic carbocycles. The van der Waals surface area contributed by atoms with Gasteiger partial charge in [-0.25, -0.2) is 0 Å². The van der Waals surface area contributed by atoms with Crippen LogP contribution in [-0.2, 0) is 15.1 Å². The van der Waals surface area contributed by atoms with Gasteiger partial charge < -0.3 is 20.1 Å². The van der Waals surface area contributed by atoms with Gasteiger partial charge in [-0.2, -0.15) is 0 Å². The number of benzene rings is 2. The molecule has 2 aromatic rings. The van der Waals surface area contributed by atoms with Crippen LogP contribution in [0.5, 0.6) is 5.75 Å². The van der Waals surface area contributed by atoms with Crippen LogP contribution in [0.2, 0.25) is 5.02 Å². The number of nitrogens with zero attached hydrogens (tertiary/aromatic N) is 2. The predicted molar refractivity (Wildman–Crippen MR) is 116 cm³/mol. The third kappa shape index (κ3) is 2.95. The van der Waals surface area contributed by atoms with Crippen LogP contribution in [0.4, 0.5) is 5.69 Å². The summed E-state index contributed by atoms with van der Waals surface area (Å²) in [7, 11) is 1.56. The summed E-state index contributed by atoms with van der Waals surface area (Å²) < 4.78 is 5.64. The van der Waals surface area contributed by atoms with E-state index in [1.165, 1.54) is 0 Å². The number of fused-ring (bicyclic) bond motifs is 1. The summed E-state index contributed by atoms with van der Waals surface area (Å²) in [5.74, 6) is 0.187. The van der Waals surface area contributed by atoms with Gasteiger partial charge in [0, 0.05) is 41.5 Å². The molecule has 3 atom stereocenters. The molecule has 8 heteroatoms. The van der Waals surface area contributed by atoms with E-state index in [2.05, 4.69) is 5.32 Å². The van der Waals surface area contributed by atoms with Gasteiger partial charge in [-0.05, 0) is 37.1 Å². The molecule has 2 N–H and O–H groups in total. The van der Waals surface area contributed by atoms with Crippen molar-refractivity contribution in [1.29, 1.82) is 0 Å². The lowest BCUT2D eigenvalue weighted by atomic mass is 9.80. The number of hydrogen-bond acceptors (Lipinski definition) is 5. The molecular formula is C23H24ClN3O4. The lowest BCUT2D eigenvalue weighted by Gasteiger charge is -2.43. The van der Waals surface area contributed by atoms with Gasteiger partial charge in [-0.3, -0.25) is 14.5 Å². The number of aliphatic hydroxyl groups excluding tert-OH is 1. The number of carbonyl (C=O) groups excluding carboxylic acids is 2. The molecule has 0 saturated carbocycles. The van der Waals surface area contributed by atoms with E-state index in [0.29, 0.717) is 40.7 Å². The van der Waals surface area contributed by atoms with Crippen LogP contribution in [0.3, 0.4) is 0 Å². The molecule has 7 nitrogen and oxygen atoms in total. The van der Waals surface area contributed by atoms with E-state index < -0.39 is 17.7 Å². The average Bonchev–Trinajstić information content (AvgIpc) is 3.24. The van der Waals surface area contributed by atoms with E-state index in [9.17, 15) is 14.7 Å². The van der Waals surface area contributed by atoms with Crippen molar-refractivity contribution >= 4 is 29.1 Å². The Morgan fingerprint density at radius 1 is 1.23 bits per heavy atom. The maximum atomic E-state index is 13.8. The van der Waals surface area contributed by atoms with Crippen LogP contribution in [-0.4, -0.2) is 65.6 Å². The summed E-state index contributed by atoms with van der Waals surface area (Å²) in [6, 6.07) is 11.9. The van der Waals surface area contributed by atoms with Crippen molar-refractivity contribution in [3.63, 3.8) is 0 Å². The number of rotatable bonds is 4. The van der Waals surface area contributed by atoms with Gasteiger partial charge in [0.2, 0.25) is 5.91 Å². The molecule has 3 aliphatic heterocycles. The van der Waals surface area contributed by atoms with Crippen LogP contribution in [0.15, 0.2) is 42.5 Å². The van der Waals surface area contributed by atoms with Crippen molar-refractivity contribution in [2.24, 2.45) is 0 Å². The second-order valence-corrected chi connectivity index (χ2v) is 8.73. The summed E-state index contributed by atoms with van der Waals surface area (Å²) >= 11 is 6.36. The van der Waals surface area contributed by atoms with E-state index >= 15 is 0 Å². The third-order valence-corrected chi connectivity index (χ3v) is 6.84. The van der Waals surface area contributed by atoms with E-state index in [1.54, 1.807) is 36.3 Å². The monoisotopic (exact) mass is 441 g/mol. The Bertz CT molecular complexity index is 1060. The van der Waals surface area contributed by atoms with Gasteiger partial charge in [-0.1, -0.05) is 29.8 Å². The van der Waals surface area contributed by atoms with Crippen LogP contribution in [0, 0.1) is 0 Å². The lowest BCUT2D eigenvalue weighted by Crippen LogP contribution is -2.59. The van der Waals surface area contributed by atoms with Gasteiger partial charge in [0.15, 0.2) is 5.54 Å². The summed E-state index contributed by atoms with van der Waals surface area (Å²) in [4.78, 5) is 30.8. The number of methoxy groups -OCH3 is 1. The van der Waals surface area contributed by atoms with Crippen molar-refractivity contribution in [2.75, 3.05) is 32.1 Å². The second-order valence-electron chi connectivity index (χ2n) is 8.29. The Kier molecular flexibility index (Phi) is 4.92. The Balaban J connectivity index is 1.75. The molecule has 0 radical (unpaired) electrons. The Hall–Kier alpha value is -2.61. The topological polar surface area (TPSA) is 82.1 Å². The van der Waals surface area contributed by atoms with Gasteiger partial charge in [-0.15, -0.1) is 0 Å². The number of nitrogens with one attached hydrogen (secondary N) is 1. The molecule has 0 bridgehead atoms. The highest BCUT2D eigenvalue weighted by Crippen LogP contribution is 2.51. The summed E-state index contributed by atoms with van der Waals surface area (Å²) in [5.41, 5.74) is 0.559. The first-order valence-corrected chi connectivity index (χ1v) is 10.8. The molecule has 0 aromatic heterocycles. The number of anilines is 1. The van der Waals surface area contributed by atoms with E-state index in [-0.39, 0.29) is 24.8 Å². The van der Waals surface area contributed by atoms with Crippen molar-refractivity contribution in [1.82, 2.24) is 9.80 Å². The van der Waals surface area contributed by atoms with Crippen LogP contribution in [0.1, 0.15) is 24.0 Å². The van der Waals surface area contributed by atoms with Gasteiger partial charge >= 0.3 is 0 Å². The van der Waals surface area contributed by atoms with Gasteiger partial charge in [0.25, 0.3) is 5.91 Å². The van der Waals surface area contributed by atoms with Crippen molar-refractivity contribution in [2.45, 2.75) is 30.5 Å². The van der Waals surface area contributed by atoms with Gasteiger partial charge in [0.05, 0.1) is 19.3 Å². The smallest absolute Gasteiger partial charge is 0.254 e. The number of aliphatic hydroxyl groups is 1. The molecule has 2 fully saturated rings. The van der Waals surface area contributed by atoms with Crippen molar-refractivity contribution < 1.29 is 19.4 Å². The highest BCUT2D eigenvalue weighted by atomic mass is 35.5. The minimum atomic E-state index is -1.35. The van der Waals surface area contributed by atoms with Gasteiger partial charge in [0.1, 0.15) is 5.75 Å². The number of amides is 2. The fraction of sp³-hybridized carbons (Fsp3) is 0.391. The zero-order chi connectivity index (χ0) is 21.8. The second kappa shape index (κ2) is 7.51. The summed E-state index contributed by atoms with van der Waals surface area (Å²) in [6.45, 7) is 1.59. The van der Waals surface area contributed by atoms with Crippen LogP contribution in [0.25, 0.3) is 0 Å². The molecule has 31 heavy (non-hydrogen) atoms. The summed E-state index contributed by atoms with van der Waals surface area (Å²) in [5, 5.41) is 14.1. The molecular weight excluding hydrogens is 418 g/mol. The Morgan fingerprint density at radius 2 is 2.00 bits per heavy atom. The number of carbonyl (C=O) groups is 2. The SMILES string of the molecule is COc1ccccc1C1(N2C[C@H](O)C[C@H]2C(=O)N2CCC2)C(=O)Nc2ccc(Cl)cc21. The van der Waals surface area contributed by atoms with E-state index in [4.69, 9.17) is 16.3 Å². The largest absolute Gasteiger partial charge is 0.496 e. The number of likely N-dealkylation sites (tertiary alicyclic amines) is 2. The molecule has 2 amide bonds. The zero-order valence-corrected chi connectivity index (χ0v) is 17.9. The predicted octanol–water partition coefficient (Wildman–Crippen LogP) is 2.21. The quantitative estimate of drug-likeness (QED) is 0.760. The van der Waals surface area contributed by atoms with Crippen molar-refractivity contribution in [3.05, 3.63) is 58.6 Å². The number of β-amino-alcohol motifs (C(OH)–C–C–N with tert-alkyl or cyclic N) is 1. The molecule has 2 saturated heterocycles. The molecule has 3 aliphatic rings. The third-order valence-electron chi connectivity index (χ3n) is 6.61. The molecule has 0 spiro atoms. The average molecular weight is 442 g/mol. The number of hydrogen-bond donors (Lipinski definition) is 2. The highest BCUT2D eigenvalue weighted by molar-refractivity contribution is 6.31. The minimum absolute atomic E-state index is 0.0552. The minimum Gasteiger partial charge on any atom is -0.496 e. The van der Waals surface area contributed by atoms with Crippen molar-refractivity contribution in [3.8, 4) is 5.75 Å². The Labute approximate surface area is 185 Å². The number of para-hydroxylation sites is 1. The molecule has 2 aromatic carbocycles. The molecule has 1 unspecified atom stereocenters. The normalized spacial score (nSPS) is 27.6. The van der Waals surface area contributed by atoms with Crippen LogP contribution >= 0.6 is 11.6 Å². The zero-order valence-electron chi connectivity index (χ0n) is 17.2. The highest BCUT2D eigenvalue weighted by Gasteiger charge is 2.59. The lowest BCUT2D eigenvalue weighted by molar-refractivity contribution is -0.143. The molecule has 5 rings (SSSR count). The molecule has 162 valence electrons. The standard InChI is InChI=1S/C23H24ClN3O4/c1-31-20-6-3-2-5-16(20)23(17-11-14(24)7-8-18(17)25-22(23)30)27-13-15(28)12-19(27)21(29)26-9-4-10-26/h2-3,5-8,11,15,19,28H,4,9-10,12-13H2,1H3,(H,25,30)/t15-,19+,23?/m1/s1. The molecule has 3 heterocycles.